The molecule has 0 radical (unpaired) electrons. The molecule has 0 aliphatic rings. The number of fused-ring (bicyclic) bond motifs is 1. The Morgan fingerprint density at radius 1 is 1.11 bits per heavy atom. The van der Waals surface area contributed by atoms with Crippen LogP contribution in [0.4, 0.5) is 4.39 Å². The van der Waals surface area contributed by atoms with Crippen LogP contribution in [0.5, 0.6) is 0 Å². The first-order valence-corrected chi connectivity index (χ1v) is 8.36. The zero-order chi connectivity index (χ0) is 18.8. The summed E-state index contributed by atoms with van der Waals surface area (Å²) < 4.78 is 23.7. The molecular formula is C21H15FN2O3. The summed E-state index contributed by atoms with van der Waals surface area (Å²) in [5, 5.41) is 4.44. The zero-order valence-electron chi connectivity index (χ0n) is 14.5. The molecule has 4 aromatic rings. The summed E-state index contributed by atoms with van der Waals surface area (Å²) in [6.07, 6.45) is 0. The van der Waals surface area contributed by atoms with Crippen LogP contribution in [-0.4, -0.2) is 16.1 Å². The van der Waals surface area contributed by atoms with Crippen molar-refractivity contribution >= 4 is 17.1 Å². The van der Waals surface area contributed by atoms with E-state index >= 15 is 0 Å². The van der Waals surface area contributed by atoms with Crippen molar-refractivity contribution in [3.63, 3.8) is 0 Å². The maximum absolute atomic E-state index is 13.0. The Balaban J connectivity index is 1.69. The van der Waals surface area contributed by atoms with Gasteiger partial charge >= 0.3 is 5.97 Å². The number of nitrogens with zero attached hydrogens (tertiary/aromatic N) is 2. The van der Waals surface area contributed by atoms with E-state index in [9.17, 15) is 9.18 Å². The molecule has 134 valence electrons. The smallest absolute Gasteiger partial charge is 0.339 e. The molecule has 2 aromatic heterocycles. The molecule has 0 atom stereocenters. The predicted octanol–water partition coefficient (Wildman–Crippen LogP) is 4.69. The lowest BCUT2D eigenvalue weighted by Gasteiger charge is -2.08. The number of carbonyl (C=O) groups excluding carboxylic acids is 1. The van der Waals surface area contributed by atoms with Crippen LogP contribution in [0.25, 0.3) is 22.4 Å². The lowest BCUT2D eigenvalue weighted by Crippen LogP contribution is -2.07. The number of ether oxygens (including phenoxy) is 1. The number of pyridine rings is 1. The molecule has 27 heavy (non-hydrogen) atoms. The number of esters is 1. The third-order valence-corrected chi connectivity index (χ3v) is 4.19. The Hall–Kier alpha value is -3.54. The Labute approximate surface area is 154 Å². The molecule has 2 aromatic carbocycles. The van der Waals surface area contributed by atoms with Crippen LogP contribution in [0.3, 0.4) is 0 Å². The minimum absolute atomic E-state index is 0.0356. The molecule has 4 rings (SSSR count). The summed E-state index contributed by atoms with van der Waals surface area (Å²) in [6, 6.07) is 16.9. The monoisotopic (exact) mass is 362 g/mol. The van der Waals surface area contributed by atoms with Gasteiger partial charge in [-0.3, -0.25) is 0 Å². The highest BCUT2D eigenvalue weighted by Gasteiger charge is 2.20. The van der Waals surface area contributed by atoms with Gasteiger partial charge in [-0.05, 0) is 30.7 Å². The van der Waals surface area contributed by atoms with Crippen LogP contribution in [0.2, 0.25) is 0 Å². The van der Waals surface area contributed by atoms with E-state index in [2.05, 4.69) is 10.1 Å². The highest BCUT2D eigenvalue weighted by atomic mass is 19.1. The summed E-state index contributed by atoms with van der Waals surface area (Å²) in [7, 11) is 0. The lowest BCUT2D eigenvalue weighted by atomic mass is 10.1. The predicted molar refractivity (Wildman–Crippen MR) is 97.5 cm³/mol. The summed E-state index contributed by atoms with van der Waals surface area (Å²) in [5.41, 5.74) is 3.31. The van der Waals surface area contributed by atoms with Gasteiger partial charge in [-0.1, -0.05) is 47.6 Å². The highest BCUT2D eigenvalue weighted by molar-refractivity contribution is 6.04. The average Bonchev–Trinajstić information content (AvgIpc) is 3.08. The van der Waals surface area contributed by atoms with Gasteiger partial charge in [-0.25, -0.2) is 14.2 Å². The Kier molecular flexibility index (Phi) is 4.38. The molecule has 0 saturated heterocycles. The largest absolute Gasteiger partial charge is 0.457 e. The number of hydrogen-bond donors (Lipinski definition) is 0. The van der Waals surface area contributed by atoms with Gasteiger partial charge in [-0.2, -0.15) is 0 Å². The first-order valence-electron chi connectivity index (χ1n) is 8.36. The van der Waals surface area contributed by atoms with Gasteiger partial charge in [0.1, 0.15) is 12.4 Å². The summed E-state index contributed by atoms with van der Waals surface area (Å²) in [5.74, 6) is -0.858. The van der Waals surface area contributed by atoms with E-state index in [-0.39, 0.29) is 18.1 Å². The first kappa shape index (κ1) is 16.9. The van der Waals surface area contributed by atoms with Crippen LogP contribution in [0.1, 0.15) is 21.6 Å². The Morgan fingerprint density at radius 2 is 1.85 bits per heavy atom. The standard InChI is InChI=1S/C21H15FN2O3/c1-13-19-17(21(25)26-12-14-7-9-16(22)10-8-14)11-18(23-20(19)27-24-13)15-5-3-2-4-6-15/h2-11H,12H2,1H3. The molecule has 0 saturated carbocycles. The maximum atomic E-state index is 13.0. The molecule has 0 fully saturated rings. The van der Waals surface area contributed by atoms with Crippen molar-refractivity contribution in [3.05, 3.63) is 83.3 Å². The third-order valence-electron chi connectivity index (χ3n) is 4.19. The van der Waals surface area contributed by atoms with Crippen LogP contribution in [-0.2, 0) is 11.3 Å². The number of aromatic nitrogens is 2. The SMILES string of the molecule is Cc1noc2nc(-c3ccccc3)cc(C(=O)OCc3ccc(F)cc3)c12. The molecule has 0 amide bonds. The van der Waals surface area contributed by atoms with Gasteiger partial charge in [0, 0.05) is 5.56 Å². The van der Waals surface area contributed by atoms with Gasteiger partial charge in [0.15, 0.2) is 0 Å². The number of halogens is 1. The van der Waals surface area contributed by atoms with Gasteiger partial charge in [-0.15, -0.1) is 0 Å². The van der Waals surface area contributed by atoms with Crippen LogP contribution in [0.15, 0.2) is 65.2 Å². The summed E-state index contributed by atoms with van der Waals surface area (Å²) >= 11 is 0. The van der Waals surface area contributed by atoms with Gasteiger partial charge < -0.3 is 9.26 Å². The van der Waals surface area contributed by atoms with Crippen molar-refractivity contribution in [1.82, 2.24) is 10.1 Å². The molecule has 0 spiro atoms. The van der Waals surface area contributed by atoms with Crippen molar-refractivity contribution in [2.24, 2.45) is 0 Å². The Morgan fingerprint density at radius 3 is 2.59 bits per heavy atom. The van der Waals surface area contributed by atoms with E-state index in [4.69, 9.17) is 9.26 Å². The fourth-order valence-electron chi connectivity index (χ4n) is 2.82. The van der Waals surface area contributed by atoms with Gasteiger partial charge in [0.25, 0.3) is 5.71 Å². The first-order chi connectivity index (χ1) is 13.1. The highest BCUT2D eigenvalue weighted by Crippen LogP contribution is 2.27. The average molecular weight is 362 g/mol. The number of carbonyl (C=O) groups is 1. The van der Waals surface area contributed by atoms with Crippen molar-refractivity contribution < 1.29 is 18.4 Å². The molecule has 0 bridgehead atoms. The zero-order valence-corrected chi connectivity index (χ0v) is 14.5. The number of rotatable bonds is 4. The van der Waals surface area contributed by atoms with Crippen LogP contribution < -0.4 is 0 Å². The second-order valence-electron chi connectivity index (χ2n) is 6.07. The van der Waals surface area contributed by atoms with Crippen molar-refractivity contribution in [3.8, 4) is 11.3 Å². The number of hydrogen-bond acceptors (Lipinski definition) is 5. The molecule has 0 aliphatic heterocycles. The quantitative estimate of drug-likeness (QED) is 0.493. The normalized spacial score (nSPS) is 10.9. The van der Waals surface area contributed by atoms with Crippen molar-refractivity contribution in [2.45, 2.75) is 13.5 Å². The Bertz CT molecular complexity index is 1110. The number of aryl methyl sites for hydroxylation is 1. The van der Waals surface area contributed by atoms with E-state index in [1.165, 1.54) is 12.1 Å². The topological polar surface area (TPSA) is 65.2 Å². The van der Waals surface area contributed by atoms with E-state index in [0.29, 0.717) is 27.9 Å². The van der Waals surface area contributed by atoms with E-state index < -0.39 is 5.97 Å². The fourth-order valence-corrected chi connectivity index (χ4v) is 2.82. The second kappa shape index (κ2) is 6.99. The molecule has 0 aliphatic carbocycles. The van der Waals surface area contributed by atoms with Crippen molar-refractivity contribution in [1.29, 1.82) is 0 Å². The second-order valence-corrected chi connectivity index (χ2v) is 6.07. The molecule has 0 N–H and O–H groups in total. The van der Waals surface area contributed by atoms with Gasteiger partial charge in [0.05, 0.1) is 22.3 Å². The minimum Gasteiger partial charge on any atom is -0.457 e. The van der Waals surface area contributed by atoms with E-state index in [1.807, 2.05) is 30.3 Å². The molecule has 2 heterocycles. The summed E-state index contributed by atoms with van der Waals surface area (Å²) in [4.78, 5) is 17.2. The fraction of sp³-hybridized carbons (Fsp3) is 0.0952. The van der Waals surface area contributed by atoms with Crippen LogP contribution >= 0.6 is 0 Å². The number of benzene rings is 2. The maximum Gasteiger partial charge on any atom is 0.339 e. The lowest BCUT2D eigenvalue weighted by molar-refractivity contribution is 0.0475. The van der Waals surface area contributed by atoms with Crippen molar-refractivity contribution in [2.75, 3.05) is 0 Å². The summed E-state index contributed by atoms with van der Waals surface area (Å²) in [6.45, 7) is 1.78. The van der Waals surface area contributed by atoms with E-state index in [1.54, 1.807) is 25.1 Å². The van der Waals surface area contributed by atoms with E-state index in [0.717, 1.165) is 5.56 Å². The molecule has 0 unspecified atom stereocenters. The minimum atomic E-state index is -0.518. The van der Waals surface area contributed by atoms with Crippen LogP contribution in [0, 0.1) is 12.7 Å². The molecule has 5 nitrogen and oxygen atoms in total. The van der Waals surface area contributed by atoms with Gasteiger partial charge in [0.2, 0.25) is 0 Å². The molecule has 6 heteroatoms. The third kappa shape index (κ3) is 3.42. The molecular weight excluding hydrogens is 347 g/mol.